The number of benzene rings is 2. The minimum atomic E-state index is -0.856. The minimum absolute atomic E-state index is 0.0112. The molecule has 1 atom stereocenters. The second-order valence-electron chi connectivity index (χ2n) is 6.91. The van der Waals surface area contributed by atoms with E-state index < -0.39 is 18.1 Å². The van der Waals surface area contributed by atoms with Crippen molar-refractivity contribution in [3.8, 4) is 0 Å². The third-order valence-corrected chi connectivity index (χ3v) is 4.74. The summed E-state index contributed by atoms with van der Waals surface area (Å²) in [6.07, 6.45) is -0.0722. The highest BCUT2D eigenvalue weighted by molar-refractivity contribution is 5.89. The number of urea groups is 1. The zero-order valence-corrected chi connectivity index (χ0v) is 16.4. The Labute approximate surface area is 170 Å². The first-order chi connectivity index (χ1) is 14.0. The number of esters is 1. The topological polar surface area (TPSA) is 87.7 Å². The van der Waals surface area contributed by atoms with Crippen molar-refractivity contribution in [2.24, 2.45) is 0 Å². The molecule has 29 heavy (non-hydrogen) atoms. The highest BCUT2D eigenvalue weighted by atomic mass is 16.5. The van der Waals surface area contributed by atoms with Gasteiger partial charge in [-0.3, -0.25) is 9.59 Å². The van der Waals surface area contributed by atoms with Crippen molar-refractivity contribution in [2.75, 3.05) is 18.4 Å². The summed E-state index contributed by atoms with van der Waals surface area (Å²) in [5.41, 5.74) is 3.04. The van der Waals surface area contributed by atoms with Crippen LogP contribution in [0.3, 0.4) is 0 Å². The number of hydrogen-bond donors (Lipinski definition) is 2. The lowest BCUT2D eigenvalue weighted by Gasteiger charge is -2.30. The fraction of sp³-hybridized carbons (Fsp3) is 0.318. The Kier molecular flexibility index (Phi) is 6.84. The van der Waals surface area contributed by atoms with E-state index in [1.165, 1.54) is 5.56 Å². The molecule has 3 rings (SSSR count). The number of para-hydroxylation sites is 1. The average molecular weight is 395 g/mol. The van der Waals surface area contributed by atoms with Gasteiger partial charge in [0.2, 0.25) is 0 Å². The summed E-state index contributed by atoms with van der Waals surface area (Å²) in [4.78, 5) is 38.1. The lowest BCUT2D eigenvalue weighted by Crippen LogP contribution is -2.42. The lowest BCUT2D eigenvalue weighted by molar-refractivity contribution is -0.159. The van der Waals surface area contributed by atoms with E-state index in [0.29, 0.717) is 18.8 Å². The molecule has 152 valence electrons. The van der Waals surface area contributed by atoms with Gasteiger partial charge in [-0.15, -0.1) is 0 Å². The Morgan fingerprint density at radius 1 is 1.03 bits per heavy atom. The number of hydrogen-bond acceptors (Lipinski definition) is 4. The molecule has 0 aromatic heterocycles. The van der Waals surface area contributed by atoms with Crippen LogP contribution in [0.15, 0.2) is 54.6 Å². The van der Waals surface area contributed by atoms with Gasteiger partial charge >= 0.3 is 12.0 Å². The van der Waals surface area contributed by atoms with Crippen LogP contribution in [0.5, 0.6) is 0 Å². The number of carbonyl (C=O) groups excluding carboxylic acids is 3. The minimum Gasteiger partial charge on any atom is -0.452 e. The van der Waals surface area contributed by atoms with Crippen LogP contribution in [0.2, 0.25) is 0 Å². The predicted octanol–water partition coefficient (Wildman–Crippen LogP) is 2.71. The van der Waals surface area contributed by atoms with Gasteiger partial charge < -0.3 is 20.3 Å². The van der Waals surface area contributed by atoms with Crippen molar-refractivity contribution in [3.63, 3.8) is 0 Å². The van der Waals surface area contributed by atoms with Crippen LogP contribution < -0.4 is 10.6 Å². The van der Waals surface area contributed by atoms with Crippen LogP contribution in [-0.2, 0) is 27.3 Å². The summed E-state index contributed by atoms with van der Waals surface area (Å²) in [6.45, 7) is 2.84. The Hall–Kier alpha value is -3.35. The van der Waals surface area contributed by atoms with E-state index >= 15 is 0 Å². The number of nitrogens with one attached hydrogen (secondary N) is 2. The highest BCUT2D eigenvalue weighted by Gasteiger charge is 2.26. The molecule has 1 aliphatic heterocycles. The van der Waals surface area contributed by atoms with Crippen molar-refractivity contribution in [3.05, 3.63) is 65.7 Å². The van der Waals surface area contributed by atoms with Gasteiger partial charge in [0.25, 0.3) is 5.91 Å². The number of carbonyl (C=O) groups is 3. The molecule has 0 saturated heterocycles. The number of nitrogens with zero attached hydrogens (tertiary/aromatic N) is 1. The zero-order chi connectivity index (χ0) is 20.6. The van der Waals surface area contributed by atoms with Gasteiger partial charge in [-0.2, -0.15) is 0 Å². The molecule has 1 unspecified atom stereocenters. The molecular weight excluding hydrogens is 370 g/mol. The Bertz CT molecular complexity index is 869. The molecular formula is C22H25N3O4. The van der Waals surface area contributed by atoms with Crippen LogP contribution >= 0.6 is 0 Å². The molecule has 0 fully saturated rings. The van der Waals surface area contributed by atoms with E-state index in [1.54, 1.807) is 24.0 Å². The molecule has 7 nitrogen and oxygen atoms in total. The van der Waals surface area contributed by atoms with Gasteiger partial charge in [-0.25, -0.2) is 4.79 Å². The average Bonchev–Trinajstić information content (AvgIpc) is 2.73. The van der Waals surface area contributed by atoms with Crippen molar-refractivity contribution in [1.82, 2.24) is 10.2 Å². The molecule has 2 N–H and O–H groups in total. The largest absolute Gasteiger partial charge is 0.452 e. The van der Waals surface area contributed by atoms with Gasteiger partial charge in [0.05, 0.1) is 6.42 Å². The molecule has 0 saturated carbocycles. The summed E-state index contributed by atoms with van der Waals surface area (Å²) < 4.78 is 5.25. The molecule has 0 radical (unpaired) electrons. The first-order valence-electron chi connectivity index (χ1n) is 9.68. The van der Waals surface area contributed by atoms with Crippen LogP contribution in [-0.4, -0.2) is 42.0 Å². The van der Waals surface area contributed by atoms with Crippen LogP contribution in [0, 0.1) is 0 Å². The second kappa shape index (κ2) is 9.73. The Morgan fingerprint density at radius 3 is 2.48 bits per heavy atom. The summed E-state index contributed by atoms with van der Waals surface area (Å²) >= 11 is 0. The van der Waals surface area contributed by atoms with E-state index in [-0.39, 0.29) is 18.9 Å². The molecule has 3 amide bonds. The zero-order valence-electron chi connectivity index (χ0n) is 16.4. The monoisotopic (exact) mass is 395 g/mol. The summed E-state index contributed by atoms with van der Waals surface area (Å²) in [6, 6.07) is 16.6. The fourth-order valence-corrected chi connectivity index (χ4v) is 3.22. The molecule has 2 aromatic carbocycles. The maximum absolute atomic E-state index is 12.6. The highest BCUT2D eigenvalue weighted by Crippen LogP contribution is 2.19. The van der Waals surface area contributed by atoms with Crippen LogP contribution in [0.25, 0.3) is 0 Å². The fourth-order valence-electron chi connectivity index (χ4n) is 3.22. The molecule has 0 bridgehead atoms. The number of amides is 3. The van der Waals surface area contributed by atoms with Crippen molar-refractivity contribution < 1.29 is 19.1 Å². The number of ether oxygens (including phenoxy) is 1. The summed E-state index contributed by atoms with van der Waals surface area (Å²) in [5.74, 6) is -0.731. The molecule has 1 aliphatic rings. The molecule has 0 aliphatic carbocycles. The van der Waals surface area contributed by atoms with Gasteiger partial charge in [-0.1, -0.05) is 42.5 Å². The molecule has 0 spiro atoms. The maximum atomic E-state index is 12.6. The van der Waals surface area contributed by atoms with Crippen LogP contribution in [0.4, 0.5) is 10.5 Å². The second-order valence-corrected chi connectivity index (χ2v) is 6.91. The first kappa shape index (κ1) is 20.4. The molecule has 1 heterocycles. The SMILES string of the molecule is CC(OC(=O)CCNC(=O)Nc1ccccc1)C(=O)N1CCc2ccccc2C1. The number of fused-ring (bicyclic) bond motifs is 1. The van der Waals surface area contributed by atoms with Gasteiger partial charge in [0.1, 0.15) is 0 Å². The van der Waals surface area contributed by atoms with Gasteiger partial charge in [-0.05, 0) is 36.6 Å². The Balaban J connectivity index is 1.39. The predicted molar refractivity (Wildman–Crippen MR) is 109 cm³/mol. The van der Waals surface area contributed by atoms with Crippen molar-refractivity contribution in [2.45, 2.75) is 32.4 Å². The first-order valence-corrected chi connectivity index (χ1v) is 9.68. The Morgan fingerprint density at radius 2 is 1.72 bits per heavy atom. The normalized spacial score (nSPS) is 13.8. The number of anilines is 1. The maximum Gasteiger partial charge on any atom is 0.319 e. The van der Waals surface area contributed by atoms with E-state index in [4.69, 9.17) is 4.74 Å². The van der Waals surface area contributed by atoms with Gasteiger partial charge in [0.15, 0.2) is 6.10 Å². The summed E-state index contributed by atoms with van der Waals surface area (Å²) in [5, 5.41) is 5.26. The molecule has 2 aromatic rings. The van der Waals surface area contributed by atoms with Crippen LogP contribution in [0.1, 0.15) is 24.5 Å². The van der Waals surface area contributed by atoms with E-state index in [9.17, 15) is 14.4 Å². The van der Waals surface area contributed by atoms with E-state index in [2.05, 4.69) is 16.7 Å². The van der Waals surface area contributed by atoms with Gasteiger partial charge in [0, 0.05) is 25.3 Å². The summed E-state index contributed by atoms with van der Waals surface area (Å²) in [7, 11) is 0. The van der Waals surface area contributed by atoms with E-state index in [1.807, 2.05) is 36.4 Å². The quantitative estimate of drug-likeness (QED) is 0.736. The third-order valence-electron chi connectivity index (χ3n) is 4.74. The third kappa shape index (κ3) is 5.81. The van der Waals surface area contributed by atoms with E-state index in [0.717, 1.165) is 12.0 Å². The molecule has 7 heteroatoms. The standard InChI is InChI=1S/C22H25N3O4/c1-16(21(27)25-14-12-17-7-5-6-8-18(17)15-25)29-20(26)11-13-23-22(28)24-19-9-3-2-4-10-19/h2-10,16H,11-15H2,1H3,(H2,23,24,28). The van der Waals surface area contributed by atoms with Crippen molar-refractivity contribution >= 4 is 23.6 Å². The smallest absolute Gasteiger partial charge is 0.319 e. The van der Waals surface area contributed by atoms with Crippen molar-refractivity contribution in [1.29, 1.82) is 0 Å². The lowest BCUT2D eigenvalue weighted by atomic mass is 9.99. The number of rotatable bonds is 6.